The van der Waals surface area contributed by atoms with Crippen LogP contribution in [0.5, 0.6) is 0 Å². The smallest absolute Gasteiger partial charge is 0.183 e. The zero-order valence-electron chi connectivity index (χ0n) is 15.6. The molecule has 0 aliphatic heterocycles. The van der Waals surface area contributed by atoms with Crippen molar-refractivity contribution in [2.24, 2.45) is 4.99 Å². The number of aliphatic imine (C=N–C) groups is 1. The van der Waals surface area contributed by atoms with Crippen LogP contribution in [0.4, 0.5) is 10.8 Å². The van der Waals surface area contributed by atoms with Crippen LogP contribution in [0.3, 0.4) is 0 Å². The molecule has 1 aromatic heterocycles. The average Bonchev–Trinajstić information content (AvgIpc) is 3.10. The van der Waals surface area contributed by atoms with Crippen molar-refractivity contribution < 1.29 is 9.59 Å². The quantitative estimate of drug-likeness (QED) is 0.326. The summed E-state index contributed by atoms with van der Waals surface area (Å²) in [6, 6.07) is 16.1. The number of anilines is 2. The Balaban J connectivity index is 1.52. The van der Waals surface area contributed by atoms with Gasteiger partial charge >= 0.3 is 0 Å². The second-order valence-electron chi connectivity index (χ2n) is 6.32. The molecule has 0 saturated carbocycles. The van der Waals surface area contributed by atoms with Gasteiger partial charge in [-0.2, -0.15) is 0 Å². The number of benzene rings is 2. The SMILES string of the molecule is CC(=O)CN=C(CC=O)Nc1ccc(CCNc2nc3ccccc3s2)cc1. The van der Waals surface area contributed by atoms with Crippen molar-refractivity contribution in [3.63, 3.8) is 0 Å². The maximum Gasteiger partial charge on any atom is 0.183 e. The molecule has 0 amide bonds. The zero-order valence-corrected chi connectivity index (χ0v) is 16.5. The number of Topliss-reactive ketones (excluding diaryl/α,β-unsaturated/α-hetero) is 1. The maximum atomic E-state index is 11.1. The maximum absolute atomic E-state index is 11.1. The Labute approximate surface area is 167 Å². The molecule has 0 unspecified atom stereocenters. The number of aromatic nitrogens is 1. The number of hydrogen-bond acceptors (Lipinski definition) is 6. The molecule has 0 bridgehead atoms. The molecule has 0 saturated heterocycles. The van der Waals surface area contributed by atoms with Crippen LogP contribution in [0, 0.1) is 0 Å². The first-order chi connectivity index (χ1) is 13.6. The number of amidine groups is 1. The number of carbonyl (C=O) groups is 2. The molecule has 1 heterocycles. The summed E-state index contributed by atoms with van der Waals surface area (Å²) in [7, 11) is 0. The van der Waals surface area contributed by atoms with E-state index in [1.54, 1.807) is 11.3 Å². The number of nitrogens with one attached hydrogen (secondary N) is 2. The highest BCUT2D eigenvalue weighted by Gasteiger charge is 2.04. The van der Waals surface area contributed by atoms with Crippen molar-refractivity contribution in [2.45, 2.75) is 19.8 Å². The summed E-state index contributed by atoms with van der Waals surface area (Å²) in [4.78, 5) is 30.6. The van der Waals surface area contributed by atoms with Gasteiger partial charge in [-0.3, -0.25) is 9.79 Å². The molecule has 7 heteroatoms. The summed E-state index contributed by atoms with van der Waals surface area (Å²) < 4.78 is 1.18. The normalized spacial score (nSPS) is 11.4. The number of rotatable bonds is 9. The molecule has 3 rings (SSSR count). The van der Waals surface area contributed by atoms with Gasteiger partial charge in [0.05, 0.1) is 23.2 Å². The predicted octanol–water partition coefficient (Wildman–Crippen LogP) is 3.94. The highest BCUT2D eigenvalue weighted by molar-refractivity contribution is 7.22. The summed E-state index contributed by atoms with van der Waals surface area (Å²) in [5.41, 5.74) is 3.05. The first kappa shape index (κ1) is 19.7. The number of carbonyl (C=O) groups excluding carboxylic acids is 2. The van der Waals surface area contributed by atoms with Crippen LogP contribution in [0.25, 0.3) is 10.2 Å². The van der Waals surface area contributed by atoms with Crippen LogP contribution < -0.4 is 10.6 Å². The van der Waals surface area contributed by atoms with Gasteiger partial charge in [-0.25, -0.2) is 4.98 Å². The summed E-state index contributed by atoms with van der Waals surface area (Å²) in [5.74, 6) is 0.455. The molecule has 2 aromatic carbocycles. The standard InChI is InChI=1S/C21H22N4O2S/c1-15(27)14-23-20(11-13-26)24-17-8-6-16(7-9-17)10-12-22-21-25-18-4-2-3-5-19(18)28-21/h2-9,13H,10-12,14H2,1H3,(H,22,25)(H,23,24). The molecular weight excluding hydrogens is 372 g/mol. The predicted molar refractivity (Wildman–Crippen MR) is 116 cm³/mol. The van der Waals surface area contributed by atoms with E-state index >= 15 is 0 Å². The minimum absolute atomic E-state index is 0.0406. The molecule has 144 valence electrons. The van der Waals surface area contributed by atoms with E-state index in [0.29, 0.717) is 5.84 Å². The van der Waals surface area contributed by atoms with E-state index in [4.69, 9.17) is 0 Å². The number of thiazole rings is 1. The number of aldehydes is 1. The van der Waals surface area contributed by atoms with Gasteiger partial charge in [-0.1, -0.05) is 35.6 Å². The third-order valence-corrected chi connectivity index (χ3v) is 4.99. The number of hydrogen-bond donors (Lipinski definition) is 2. The van der Waals surface area contributed by atoms with Crippen LogP contribution in [-0.2, 0) is 16.0 Å². The lowest BCUT2D eigenvalue weighted by Crippen LogP contribution is -2.14. The van der Waals surface area contributed by atoms with E-state index in [0.717, 1.165) is 35.6 Å². The van der Waals surface area contributed by atoms with E-state index in [9.17, 15) is 9.59 Å². The molecule has 0 spiro atoms. The Bertz CT molecular complexity index is 946. The topological polar surface area (TPSA) is 83.5 Å². The molecule has 2 N–H and O–H groups in total. The van der Waals surface area contributed by atoms with E-state index < -0.39 is 0 Å². The van der Waals surface area contributed by atoms with Gasteiger partial charge in [0.15, 0.2) is 10.9 Å². The Morgan fingerprint density at radius 3 is 2.68 bits per heavy atom. The average molecular weight is 395 g/mol. The molecule has 28 heavy (non-hydrogen) atoms. The van der Waals surface area contributed by atoms with Crippen molar-refractivity contribution in [1.82, 2.24) is 4.98 Å². The van der Waals surface area contributed by atoms with Gasteiger partial charge < -0.3 is 15.4 Å². The second-order valence-corrected chi connectivity index (χ2v) is 7.35. The van der Waals surface area contributed by atoms with E-state index in [1.807, 2.05) is 42.5 Å². The minimum atomic E-state index is -0.0406. The highest BCUT2D eigenvalue weighted by atomic mass is 32.1. The van der Waals surface area contributed by atoms with Gasteiger partial charge in [-0.05, 0) is 43.2 Å². The first-order valence-electron chi connectivity index (χ1n) is 9.06. The lowest BCUT2D eigenvalue weighted by molar-refractivity contribution is -0.115. The van der Waals surface area contributed by atoms with Crippen molar-refractivity contribution in [3.8, 4) is 0 Å². The van der Waals surface area contributed by atoms with E-state index in [1.165, 1.54) is 17.2 Å². The van der Waals surface area contributed by atoms with Gasteiger partial charge in [0, 0.05) is 12.2 Å². The monoisotopic (exact) mass is 394 g/mol. The molecule has 0 fully saturated rings. The van der Waals surface area contributed by atoms with Crippen molar-refractivity contribution in [1.29, 1.82) is 0 Å². The second kappa shape index (κ2) is 9.75. The summed E-state index contributed by atoms with van der Waals surface area (Å²) >= 11 is 1.66. The fourth-order valence-electron chi connectivity index (χ4n) is 2.62. The molecular formula is C21H22N4O2S. The Hall–Kier alpha value is -3.06. The molecule has 0 aliphatic rings. The number of para-hydroxylation sites is 1. The van der Waals surface area contributed by atoms with Crippen LogP contribution >= 0.6 is 11.3 Å². The zero-order chi connectivity index (χ0) is 19.8. The van der Waals surface area contributed by atoms with Gasteiger partial charge in [0.2, 0.25) is 0 Å². The lowest BCUT2D eigenvalue weighted by atomic mass is 10.1. The third-order valence-electron chi connectivity index (χ3n) is 4.00. The minimum Gasteiger partial charge on any atom is -0.361 e. The number of fused-ring (bicyclic) bond motifs is 1. The fraction of sp³-hybridized carbons (Fsp3) is 0.238. The van der Waals surface area contributed by atoms with Crippen molar-refractivity contribution >= 4 is 50.3 Å². The summed E-state index contributed by atoms with van der Waals surface area (Å²) in [6.07, 6.45) is 1.80. The third kappa shape index (κ3) is 5.72. The summed E-state index contributed by atoms with van der Waals surface area (Å²) in [6.45, 7) is 2.34. The Kier molecular flexibility index (Phi) is 6.86. The van der Waals surface area contributed by atoms with E-state index in [2.05, 4.69) is 26.7 Å². The van der Waals surface area contributed by atoms with Gasteiger partial charge in [-0.15, -0.1) is 0 Å². The fourth-order valence-corrected chi connectivity index (χ4v) is 3.52. The molecule has 0 atom stereocenters. The largest absolute Gasteiger partial charge is 0.361 e. The highest BCUT2D eigenvalue weighted by Crippen LogP contribution is 2.25. The summed E-state index contributed by atoms with van der Waals surface area (Å²) in [5, 5.41) is 7.41. The van der Waals surface area contributed by atoms with Gasteiger partial charge in [0.1, 0.15) is 12.1 Å². The van der Waals surface area contributed by atoms with Crippen molar-refractivity contribution in [3.05, 3.63) is 54.1 Å². The Morgan fingerprint density at radius 2 is 1.96 bits per heavy atom. The molecule has 0 radical (unpaired) electrons. The van der Waals surface area contributed by atoms with Crippen molar-refractivity contribution in [2.75, 3.05) is 23.7 Å². The number of ketones is 1. The lowest BCUT2D eigenvalue weighted by Gasteiger charge is -2.09. The molecule has 6 nitrogen and oxygen atoms in total. The first-order valence-corrected chi connectivity index (χ1v) is 9.87. The van der Waals surface area contributed by atoms with Crippen LogP contribution in [0.1, 0.15) is 18.9 Å². The van der Waals surface area contributed by atoms with Crippen LogP contribution in [0.2, 0.25) is 0 Å². The van der Waals surface area contributed by atoms with E-state index in [-0.39, 0.29) is 18.7 Å². The molecule has 0 aliphatic carbocycles. The Morgan fingerprint density at radius 1 is 1.18 bits per heavy atom. The van der Waals surface area contributed by atoms with Gasteiger partial charge in [0.25, 0.3) is 0 Å². The molecule has 3 aromatic rings. The van der Waals surface area contributed by atoms with Crippen LogP contribution in [0.15, 0.2) is 53.5 Å². The number of nitrogens with zero attached hydrogens (tertiary/aromatic N) is 2. The van der Waals surface area contributed by atoms with Crippen LogP contribution in [-0.4, -0.2) is 36.0 Å².